The maximum Gasteiger partial charge on any atom is 0.573 e. The number of benzene rings is 1. The van der Waals surface area contributed by atoms with Crippen LogP contribution in [-0.4, -0.2) is 28.4 Å². The zero-order valence-corrected chi connectivity index (χ0v) is 10.5. The molecule has 0 heterocycles. The van der Waals surface area contributed by atoms with E-state index in [1.54, 1.807) is 0 Å². The van der Waals surface area contributed by atoms with Crippen LogP contribution >= 0.6 is 24.2 Å². The Labute approximate surface area is 112 Å². The third kappa shape index (κ3) is 4.24. The fraction of sp³-hybridized carbons (Fsp3) is 0.400. The summed E-state index contributed by atoms with van der Waals surface area (Å²) in [6, 6.07) is 3.25. The van der Waals surface area contributed by atoms with Crippen molar-refractivity contribution in [3.8, 4) is 5.75 Å². The van der Waals surface area contributed by atoms with Gasteiger partial charge in [0, 0.05) is 5.75 Å². The van der Waals surface area contributed by atoms with E-state index in [9.17, 15) is 23.4 Å². The van der Waals surface area contributed by atoms with Gasteiger partial charge in [-0.1, -0.05) is 17.7 Å². The summed E-state index contributed by atoms with van der Waals surface area (Å²) in [5, 5.41) is 18.7. The second-order valence-corrected chi connectivity index (χ2v) is 4.20. The van der Waals surface area contributed by atoms with E-state index in [0.29, 0.717) is 0 Å². The van der Waals surface area contributed by atoms with E-state index >= 15 is 0 Å². The molecular formula is C10H10ClF3O3S. The molecule has 0 saturated heterocycles. The maximum absolute atomic E-state index is 12.0. The summed E-state index contributed by atoms with van der Waals surface area (Å²) in [5.74, 6) is -0.569. The topological polar surface area (TPSA) is 49.7 Å². The Hall–Kier alpha value is -0.630. The molecule has 2 atom stereocenters. The van der Waals surface area contributed by atoms with Crippen LogP contribution < -0.4 is 4.74 Å². The zero-order valence-electron chi connectivity index (χ0n) is 8.86. The smallest absolute Gasteiger partial charge is 0.404 e. The van der Waals surface area contributed by atoms with Gasteiger partial charge in [0.2, 0.25) is 0 Å². The van der Waals surface area contributed by atoms with Crippen LogP contribution in [0.2, 0.25) is 5.02 Å². The molecule has 0 saturated carbocycles. The summed E-state index contributed by atoms with van der Waals surface area (Å²) < 4.78 is 39.6. The van der Waals surface area contributed by atoms with Gasteiger partial charge in [0.15, 0.2) is 0 Å². The van der Waals surface area contributed by atoms with E-state index in [-0.39, 0.29) is 16.3 Å². The van der Waals surface area contributed by atoms with Gasteiger partial charge < -0.3 is 14.9 Å². The number of hydrogen-bond acceptors (Lipinski definition) is 4. The number of alkyl halides is 3. The Morgan fingerprint density at radius 1 is 1.33 bits per heavy atom. The summed E-state index contributed by atoms with van der Waals surface area (Å²) in [6.45, 7) is 0. The number of halogens is 4. The number of aliphatic hydroxyl groups is 2. The van der Waals surface area contributed by atoms with Crippen LogP contribution in [0.4, 0.5) is 13.2 Å². The molecule has 3 nitrogen and oxygen atoms in total. The van der Waals surface area contributed by atoms with Gasteiger partial charge in [0.25, 0.3) is 0 Å². The molecule has 8 heteroatoms. The molecule has 102 valence electrons. The van der Waals surface area contributed by atoms with E-state index in [0.717, 1.165) is 12.1 Å². The van der Waals surface area contributed by atoms with Crippen molar-refractivity contribution in [3.63, 3.8) is 0 Å². The standard InChI is InChI=1S/C10H10ClF3O3S/c11-6-3-5(9(16)7(15)4-18)1-2-8(6)17-10(12,13)14/h1-3,7,9,15-16,18H,4H2. The molecule has 0 aromatic heterocycles. The highest BCUT2D eigenvalue weighted by Crippen LogP contribution is 2.32. The summed E-state index contributed by atoms with van der Waals surface area (Å²) in [4.78, 5) is 0. The number of rotatable bonds is 4. The molecule has 0 fully saturated rings. The van der Waals surface area contributed by atoms with Gasteiger partial charge >= 0.3 is 6.36 Å². The largest absolute Gasteiger partial charge is 0.573 e. The van der Waals surface area contributed by atoms with Gasteiger partial charge in [-0.15, -0.1) is 13.2 Å². The van der Waals surface area contributed by atoms with E-state index in [1.165, 1.54) is 6.07 Å². The molecule has 0 bridgehead atoms. The molecule has 0 aliphatic rings. The van der Waals surface area contributed by atoms with Crippen LogP contribution in [0.3, 0.4) is 0 Å². The predicted molar refractivity (Wildman–Crippen MR) is 63.0 cm³/mol. The molecule has 2 N–H and O–H groups in total. The molecule has 1 aromatic rings. The quantitative estimate of drug-likeness (QED) is 0.749. The van der Waals surface area contributed by atoms with E-state index in [1.807, 2.05) is 0 Å². The average Bonchev–Trinajstić information content (AvgIpc) is 2.28. The SMILES string of the molecule is OC(CS)C(O)c1ccc(OC(F)(F)F)c(Cl)c1. The van der Waals surface area contributed by atoms with Gasteiger partial charge in [-0.3, -0.25) is 0 Å². The normalized spacial score (nSPS) is 15.3. The van der Waals surface area contributed by atoms with Gasteiger partial charge in [0.05, 0.1) is 11.1 Å². The molecule has 18 heavy (non-hydrogen) atoms. The van der Waals surface area contributed by atoms with Crippen LogP contribution in [0.25, 0.3) is 0 Å². The number of hydrogen-bond donors (Lipinski definition) is 3. The summed E-state index contributed by atoms with van der Waals surface area (Å²) in [7, 11) is 0. The first-order chi connectivity index (χ1) is 8.24. The Kier molecular flexibility index (Phi) is 5.15. The Bertz CT molecular complexity index is 414. The third-order valence-corrected chi connectivity index (χ3v) is 2.74. The minimum atomic E-state index is -4.84. The highest BCUT2D eigenvalue weighted by atomic mass is 35.5. The lowest BCUT2D eigenvalue weighted by Gasteiger charge is -2.17. The lowest BCUT2D eigenvalue weighted by molar-refractivity contribution is -0.274. The van der Waals surface area contributed by atoms with Crippen LogP contribution in [0.15, 0.2) is 18.2 Å². The summed E-state index contributed by atoms with van der Waals surface area (Å²) in [6.07, 6.45) is -7.26. The van der Waals surface area contributed by atoms with Gasteiger partial charge in [0.1, 0.15) is 11.9 Å². The van der Waals surface area contributed by atoms with Crippen molar-refractivity contribution >= 4 is 24.2 Å². The van der Waals surface area contributed by atoms with E-state index in [2.05, 4.69) is 17.4 Å². The average molecular weight is 303 g/mol. The van der Waals surface area contributed by atoms with Crippen molar-refractivity contribution in [1.82, 2.24) is 0 Å². The van der Waals surface area contributed by atoms with Crippen molar-refractivity contribution < 1.29 is 28.1 Å². The molecule has 2 unspecified atom stereocenters. The number of thiol groups is 1. The minimum Gasteiger partial charge on any atom is -0.404 e. The van der Waals surface area contributed by atoms with Crippen LogP contribution in [-0.2, 0) is 0 Å². The lowest BCUT2D eigenvalue weighted by atomic mass is 10.1. The van der Waals surface area contributed by atoms with Crippen LogP contribution in [0.5, 0.6) is 5.75 Å². The maximum atomic E-state index is 12.0. The predicted octanol–water partition coefficient (Wildman–Crippen LogP) is 2.56. The monoisotopic (exact) mass is 302 g/mol. The fourth-order valence-electron chi connectivity index (χ4n) is 1.23. The molecular weight excluding hydrogens is 293 g/mol. The molecule has 0 spiro atoms. The first kappa shape index (κ1) is 15.4. The van der Waals surface area contributed by atoms with E-state index in [4.69, 9.17) is 11.6 Å². The second kappa shape index (κ2) is 6.01. The third-order valence-electron chi connectivity index (χ3n) is 2.07. The summed E-state index contributed by atoms with van der Waals surface area (Å²) in [5.41, 5.74) is 0.177. The van der Waals surface area contributed by atoms with Crippen molar-refractivity contribution in [2.75, 3.05) is 5.75 Å². The molecule has 0 amide bonds. The lowest BCUT2D eigenvalue weighted by Crippen LogP contribution is -2.20. The molecule has 0 aliphatic heterocycles. The molecule has 1 rings (SSSR count). The number of ether oxygens (including phenoxy) is 1. The first-order valence-corrected chi connectivity index (χ1v) is 5.78. The zero-order chi connectivity index (χ0) is 13.9. The van der Waals surface area contributed by atoms with Crippen molar-refractivity contribution in [3.05, 3.63) is 28.8 Å². The van der Waals surface area contributed by atoms with E-state index < -0.39 is 24.3 Å². The Morgan fingerprint density at radius 2 is 1.94 bits per heavy atom. The van der Waals surface area contributed by atoms with Crippen molar-refractivity contribution in [2.24, 2.45) is 0 Å². The number of aliphatic hydroxyl groups excluding tert-OH is 2. The Balaban J connectivity index is 2.92. The fourth-order valence-corrected chi connectivity index (χ4v) is 1.66. The van der Waals surface area contributed by atoms with Gasteiger partial charge in [-0.25, -0.2) is 0 Å². The molecule has 0 aliphatic carbocycles. The highest BCUT2D eigenvalue weighted by molar-refractivity contribution is 7.80. The molecule has 1 aromatic carbocycles. The minimum absolute atomic E-state index is 0.000408. The second-order valence-electron chi connectivity index (χ2n) is 3.43. The van der Waals surface area contributed by atoms with Gasteiger partial charge in [-0.2, -0.15) is 12.6 Å². The summed E-state index contributed by atoms with van der Waals surface area (Å²) >= 11 is 9.38. The first-order valence-electron chi connectivity index (χ1n) is 4.77. The highest BCUT2D eigenvalue weighted by Gasteiger charge is 2.32. The Morgan fingerprint density at radius 3 is 2.39 bits per heavy atom. The van der Waals surface area contributed by atoms with Gasteiger partial charge in [-0.05, 0) is 17.7 Å². The van der Waals surface area contributed by atoms with Crippen molar-refractivity contribution in [1.29, 1.82) is 0 Å². The van der Waals surface area contributed by atoms with Crippen molar-refractivity contribution in [2.45, 2.75) is 18.6 Å². The van der Waals surface area contributed by atoms with Crippen LogP contribution in [0.1, 0.15) is 11.7 Å². The molecule has 0 radical (unpaired) electrons. The van der Waals surface area contributed by atoms with Crippen LogP contribution in [0, 0.1) is 0 Å².